The van der Waals surface area contributed by atoms with Crippen LogP contribution in [0.5, 0.6) is 0 Å². The van der Waals surface area contributed by atoms with Crippen LogP contribution in [0, 0.1) is 22.2 Å². The zero-order chi connectivity index (χ0) is 17.5. The Balaban J connectivity index is 1.84. The van der Waals surface area contributed by atoms with Gasteiger partial charge in [-0.2, -0.15) is 0 Å². The molecule has 2 aliphatic carbocycles. The molecular formula is C18H28O5. The van der Waals surface area contributed by atoms with Crippen molar-refractivity contribution in [2.75, 3.05) is 19.8 Å². The van der Waals surface area contributed by atoms with Crippen molar-refractivity contribution in [1.82, 2.24) is 0 Å². The van der Waals surface area contributed by atoms with Crippen LogP contribution >= 0.6 is 0 Å². The summed E-state index contributed by atoms with van der Waals surface area (Å²) in [6.45, 7) is 10.3. The molecule has 0 radical (unpaired) electrons. The SMILES string of the molecule is CCC(C)(C)C(=O)OCCOCC12CCC(C(=O)C1=O)C2(C)C. The molecule has 130 valence electrons. The van der Waals surface area contributed by atoms with Gasteiger partial charge in [0.2, 0.25) is 11.6 Å². The predicted octanol–water partition coefficient (Wildman–Crippen LogP) is 2.56. The summed E-state index contributed by atoms with van der Waals surface area (Å²) in [5.41, 5.74) is -1.53. The van der Waals surface area contributed by atoms with Crippen molar-refractivity contribution in [2.24, 2.45) is 22.2 Å². The second-order valence-electron chi connectivity index (χ2n) is 8.01. The van der Waals surface area contributed by atoms with Crippen LogP contribution in [0.1, 0.15) is 53.9 Å². The van der Waals surface area contributed by atoms with Gasteiger partial charge >= 0.3 is 5.97 Å². The lowest BCUT2D eigenvalue weighted by Crippen LogP contribution is -2.41. The molecule has 2 unspecified atom stereocenters. The van der Waals surface area contributed by atoms with E-state index in [1.807, 2.05) is 34.6 Å². The molecule has 23 heavy (non-hydrogen) atoms. The molecule has 0 aliphatic heterocycles. The maximum Gasteiger partial charge on any atom is 0.311 e. The van der Waals surface area contributed by atoms with Crippen LogP contribution in [0.2, 0.25) is 0 Å². The third-order valence-corrected chi connectivity index (χ3v) is 6.19. The Labute approximate surface area is 138 Å². The van der Waals surface area contributed by atoms with E-state index >= 15 is 0 Å². The number of esters is 1. The average Bonchev–Trinajstić information content (AvgIpc) is 2.82. The van der Waals surface area contributed by atoms with E-state index in [1.54, 1.807) is 0 Å². The molecule has 5 heteroatoms. The van der Waals surface area contributed by atoms with Gasteiger partial charge in [-0.05, 0) is 38.5 Å². The number of hydrogen-bond acceptors (Lipinski definition) is 5. The van der Waals surface area contributed by atoms with Crippen molar-refractivity contribution in [3.63, 3.8) is 0 Å². The molecule has 2 fully saturated rings. The quantitative estimate of drug-likeness (QED) is 0.409. The first-order chi connectivity index (χ1) is 10.6. The summed E-state index contributed by atoms with van der Waals surface area (Å²) in [5, 5.41) is 0. The lowest BCUT2D eigenvalue weighted by Gasteiger charge is -2.35. The van der Waals surface area contributed by atoms with Crippen LogP contribution in [-0.2, 0) is 23.9 Å². The van der Waals surface area contributed by atoms with Gasteiger partial charge in [-0.15, -0.1) is 0 Å². The molecule has 2 saturated carbocycles. The highest BCUT2D eigenvalue weighted by Crippen LogP contribution is 2.62. The number of carbonyl (C=O) groups is 3. The zero-order valence-electron chi connectivity index (χ0n) is 14.9. The number of fused-ring (bicyclic) bond motifs is 2. The lowest BCUT2D eigenvalue weighted by atomic mass is 9.69. The van der Waals surface area contributed by atoms with Crippen molar-refractivity contribution in [1.29, 1.82) is 0 Å². The van der Waals surface area contributed by atoms with Gasteiger partial charge < -0.3 is 9.47 Å². The lowest BCUT2D eigenvalue weighted by molar-refractivity contribution is -0.157. The predicted molar refractivity (Wildman–Crippen MR) is 84.8 cm³/mol. The standard InChI is InChI=1S/C18H28O5/c1-6-16(2,3)15(21)23-10-9-22-11-18-8-7-12(17(18,4)5)13(19)14(18)20/h12H,6-11H2,1-5H3. The third kappa shape index (κ3) is 2.73. The van der Waals surface area contributed by atoms with Gasteiger partial charge in [-0.1, -0.05) is 20.8 Å². The van der Waals surface area contributed by atoms with Crippen LogP contribution in [0.15, 0.2) is 0 Å². The van der Waals surface area contributed by atoms with E-state index in [4.69, 9.17) is 9.47 Å². The second-order valence-corrected chi connectivity index (χ2v) is 8.01. The summed E-state index contributed by atoms with van der Waals surface area (Å²) in [6.07, 6.45) is 2.18. The molecule has 2 aliphatic rings. The van der Waals surface area contributed by atoms with Crippen LogP contribution in [0.3, 0.4) is 0 Å². The molecule has 0 N–H and O–H groups in total. The van der Waals surface area contributed by atoms with Crippen molar-refractivity contribution in [3.05, 3.63) is 0 Å². The Kier molecular flexibility index (Phi) is 4.73. The fraction of sp³-hybridized carbons (Fsp3) is 0.833. The number of carbonyl (C=O) groups excluding carboxylic acids is 3. The fourth-order valence-electron chi connectivity index (χ4n) is 3.77. The minimum atomic E-state index is -0.693. The van der Waals surface area contributed by atoms with Crippen molar-refractivity contribution < 1.29 is 23.9 Å². The highest BCUT2D eigenvalue weighted by Gasteiger charge is 2.68. The Morgan fingerprint density at radius 3 is 2.43 bits per heavy atom. The van der Waals surface area contributed by atoms with Gasteiger partial charge in [0, 0.05) is 5.92 Å². The summed E-state index contributed by atoms with van der Waals surface area (Å²) >= 11 is 0. The number of ketones is 2. The maximum atomic E-state index is 12.3. The van der Waals surface area contributed by atoms with E-state index in [0.29, 0.717) is 12.8 Å². The van der Waals surface area contributed by atoms with Gasteiger partial charge in [0.15, 0.2) is 0 Å². The molecule has 0 saturated heterocycles. The van der Waals surface area contributed by atoms with Crippen LogP contribution < -0.4 is 0 Å². The molecule has 0 aromatic carbocycles. The smallest absolute Gasteiger partial charge is 0.311 e. The highest BCUT2D eigenvalue weighted by molar-refractivity contribution is 6.43. The molecule has 0 heterocycles. The van der Waals surface area contributed by atoms with E-state index in [0.717, 1.165) is 6.42 Å². The molecule has 0 spiro atoms. The average molecular weight is 324 g/mol. The highest BCUT2D eigenvalue weighted by atomic mass is 16.6. The summed E-state index contributed by atoms with van der Waals surface area (Å²) in [7, 11) is 0. The number of Topliss-reactive ketones (excluding diaryl/α,β-unsaturated/α-hetero) is 2. The number of ether oxygens (including phenoxy) is 2. The van der Waals surface area contributed by atoms with E-state index in [1.165, 1.54) is 0 Å². The largest absolute Gasteiger partial charge is 0.463 e. The van der Waals surface area contributed by atoms with Gasteiger partial charge in [-0.25, -0.2) is 0 Å². The Hall–Kier alpha value is -1.23. The number of rotatable bonds is 7. The molecule has 0 aromatic heterocycles. The first kappa shape index (κ1) is 18.1. The zero-order valence-corrected chi connectivity index (χ0v) is 14.9. The first-order valence-electron chi connectivity index (χ1n) is 8.44. The third-order valence-electron chi connectivity index (χ3n) is 6.19. The van der Waals surface area contributed by atoms with E-state index in [2.05, 4.69) is 0 Å². The minimum Gasteiger partial charge on any atom is -0.463 e. The van der Waals surface area contributed by atoms with Crippen LogP contribution in [0.4, 0.5) is 0 Å². The molecular weight excluding hydrogens is 296 g/mol. The molecule has 2 bridgehead atoms. The summed E-state index contributed by atoms with van der Waals surface area (Å²) in [6, 6.07) is 0. The second kappa shape index (κ2) is 6.00. The summed E-state index contributed by atoms with van der Waals surface area (Å²) < 4.78 is 10.9. The fourth-order valence-corrected chi connectivity index (χ4v) is 3.77. The van der Waals surface area contributed by atoms with E-state index in [9.17, 15) is 14.4 Å². The van der Waals surface area contributed by atoms with E-state index < -0.39 is 10.8 Å². The molecule has 5 nitrogen and oxygen atoms in total. The molecule has 2 rings (SSSR count). The Bertz CT molecular complexity index is 520. The molecule has 0 aromatic rings. The maximum absolute atomic E-state index is 12.3. The number of hydrogen-bond donors (Lipinski definition) is 0. The van der Waals surface area contributed by atoms with Gasteiger partial charge in [0.25, 0.3) is 0 Å². The van der Waals surface area contributed by atoms with Crippen LogP contribution in [0.25, 0.3) is 0 Å². The topological polar surface area (TPSA) is 69.7 Å². The van der Waals surface area contributed by atoms with Crippen molar-refractivity contribution >= 4 is 17.5 Å². The van der Waals surface area contributed by atoms with E-state index in [-0.39, 0.29) is 48.7 Å². The summed E-state index contributed by atoms with van der Waals surface area (Å²) in [4.78, 5) is 36.2. The monoisotopic (exact) mass is 324 g/mol. The Morgan fingerprint density at radius 2 is 1.91 bits per heavy atom. The van der Waals surface area contributed by atoms with Gasteiger partial charge in [-0.3, -0.25) is 14.4 Å². The first-order valence-corrected chi connectivity index (χ1v) is 8.44. The molecule has 0 amide bonds. The summed E-state index contributed by atoms with van der Waals surface area (Å²) in [5.74, 6) is -0.916. The van der Waals surface area contributed by atoms with Gasteiger partial charge in [0.1, 0.15) is 6.61 Å². The normalized spacial score (nSPS) is 29.2. The van der Waals surface area contributed by atoms with Crippen LogP contribution in [-0.4, -0.2) is 37.4 Å². The van der Waals surface area contributed by atoms with Gasteiger partial charge in [0.05, 0.1) is 24.0 Å². The Morgan fingerprint density at radius 1 is 1.26 bits per heavy atom. The minimum absolute atomic E-state index is 0.165. The van der Waals surface area contributed by atoms with Crippen molar-refractivity contribution in [3.8, 4) is 0 Å². The van der Waals surface area contributed by atoms with Crippen molar-refractivity contribution in [2.45, 2.75) is 53.9 Å². The molecule has 2 atom stereocenters.